The zero-order chi connectivity index (χ0) is 18.5. The van der Waals surface area contributed by atoms with Crippen molar-refractivity contribution in [3.05, 3.63) is 59.2 Å². The van der Waals surface area contributed by atoms with Crippen LogP contribution in [0.2, 0.25) is 0 Å². The lowest BCUT2D eigenvalue weighted by Gasteiger charge is -2.08. The predicted octanol–water partition coefficient (Wildman–Crippen LogP) is 3.38. The van der Waals surface area contributed by atoms with E-state index in [1.54, 1.807) is 42.5 Å². The van der Waals surface area contributed by atoms with Crippen molar-refractivity contribution in [1.82, 2.24) is 0 Å². The first-order valence-electron chi connectivity index (χ1n) is 8.33. The Morgan fingerprint density at radius 1 is 1.00 bits per heavy atom. The van der Waals surface area contributed by atoms with Gasteiger partial charge in [0.05, 0.1) is 18.3 Å². The summed E-state index contributed by atoms with van der Waals surface area (Å²) in [7, 11) is 0. The summed E-state index contributed by atoms with van der Waals surface area (Å²) in [6, 6.07) is 11.8. The summed E-state index contributed by atoms with van der Waals surface area (Å²) in [5, 5.41) is 0. The van der Waals surface area contributed by atoms with E-state index in [9.17, 15) is 9.59 Å². The molecule has 2 aromatic rings. The molecule has 0 spiro atoms. The summed E-state index contributed by atoms with van der Waals surface area (Å²) < 4.78 is 21.1. The van der Waals surface area contributed by atoms with Crippen LogP contribution < -0.4 is 9.47 Å². The van der Waals surface area contributed by atoms with Crippen molar-refractivity contribution in [1.29, 1.82) is 0 Å². The van der Waals surface area contributed by atoms with Crippen LogP contribution in [0.3, 0.4) is 0 Å². The summed E-state index contributed by atoms with van der Waals surface area (Å²) in [4.78, 5) is 24.3. The summed E-state index contributed by atoms with van der Waals surface area (Å²) in [5.74, 6) is 0.260. The summed E-state index contributed by atoms with van der Waals surface area (Å²) in [5.41, 5.74) is 1.76. The molecule has 3 rings (SSSR count). The minimum absolute atomic E-state index is 0.139. The van der Waals surface area contributed by atoms with Crippen molar-refractivity contribution >= 4 is 11.8 Å². The first kappa shape index (κ1) is 17.9. The molecule has 0 saturated heterocycles. The van der Waals surface area contributed by atoms with Gasteiger partial charge in [-0.2, -0.15) is 0 Å². The number of carbonyl (C=O) groups excluding carboxylic acids is 2. The smallest absolute Gasteiger partial charge is 0.338 e. The highest BCUT2D eigenvalue weighted by Crippen LogP contribution is 2.32. The van der Waals surface area contributed by atoms with E-state index in [1.807, 2.05) is 13.8 Å². The van der Waals surface area contributed by atoms with E-state index in [4.69, 9.17) is 18.9 Å². The number of hydrogen-bond donors (Lipinski definition) is 0. The lowest BCUT2D eigenvalue weighted by Crippen LogP contribution is -2.14. The van der Waals surface area contributed by atoms with E-state index in [0.29, 0.717) is 29.2 Å². The highest BCUT2D eigenvalue weighted by Gasteiger charge is 2.17. The molecular weight excluding hydrogens is 336 g/mol. The zero-order valence-corrected chi connectivity index (χ0v) is 14.7. The number of esters is 1. The lowest BCUT2D eigenvalue weighted by molar-refractivity contribution is 0.0474. The van der Waals surface area contributed by atoms with E-state index in [2.05, 4.69) is 0 Å². The molecule has 0 amide bonds. The van der Waals surface area contributed by atoms with E-state index in [1.165, 1.54) is 0 Å². The summed E-state index contributed by atoms with van der Waals surface area (Å²) in [6.07, 6.45) is 0.141. The molecule has 1 aliphatic rings. The average molecular weight is 356 g/mol. The second kappa shape index (κ2) is 8.01. The van der Waals surface area contributed by atoms with Gasteiger partial charge in [0.25, 0.3) is 0 Å². The normalized spacial score (nSPS) is 12.3. The molecule has 0 fully saturated rings. The molecule has 6 nitrogen and oxygen atoms in total. The van der Waals surface area contributed by atoms with Crippen molar-refractivity contribution in [2.75, 3.05) is 13.4 Å². The van der Waals surface area contributed by atoms with Crippen molar-refractivity contribution in [3.8, 4) is 11.5 Å². The third-order valence-corrected chi connectivity index (χ3v) is 3.80. The van der Waals surface area contributed by atoms with Crippen LogP contribution in [0.25, 0.3) is 0 Å². The maximum absolute atomic E-state index is 12.2. The second-order valence-electron chi connectivity index (χ2n) is 6.12. The van der Waals surface area contributed by atoms with E-state index in [0.717, 1.165) is 5.56 Å². The van der Waals surface area contributed by atoms with Gasteiger partial charge in [0.15, 0.2) is 23.9 Å². The molecule has 0 atom stereocenters. The van der Waals surface area contributed by atoms with Gasteiger partial charge in [0.2, 0.25) is 6.79 Å². The van der Waals surface area contributed by atoms with Crippen LogP contribution in [-0.2, 0) is 16.1 Å². The van der Waals surface area contributed by atoms with Crippen LogP contribution in [0, 0.1) is 0 Å². The Balaban J connectivity index is 1.54. The van der Waals surface area contributed by atoms with Gasteiger partial charge < -0.3 is 18.9 Å². The molecule has 26 heavy (non-hydrogen) atoms. The molecule has 0 unspecified atom stereocenters. The quantitative estimate of drug-likeness (QED) is 0.559. The summed E-state index contributed by atoms with van der Waals surface area (Å²) in [6.45, 7) is 4.21. The first-order chi connectivity index (χ1) is 12.5. The molecule has 0 saturated carbocycles. The Morgan fingerprint density at radius 3 is 2.42 bits per heavy atom. The lowest BCUT2D eigenvalue weighted by atomic mass is 10.1. The largest absolute Gasteiger partial charge is 0.454 e. The Hall–Kier alpha value is -2.86. The second-order valence-corrected chi connectivity index (χ2v) is 6.12. The highest BCUT2D eigenvalue weighted by atomic mass is 16.7. The zero-order valence-electron chi connectivity index (χ0n) is 14.7. The molecule has 1 aliphatic heterocycles. The van der Waals surface area contributed by atoms with Crippen LogP contribution in [0.5, 0.6) is 11.5 Å². The molecule has 136 valence electrons. The minimum atomic E-state index is -0.546. The Bertz CT molecular complexity index is 794. The number of rotatable bonds is 7. The maximum atomic E-state index is 12.2. The van der Waals surface area contributed by atoms with E-state index < -0.39 is 5.97 Å². The SMILES string of the molecule is CC(C)OCc1ccc(C(=O)OCC(=O)c2ccc3c(c2)OCO3)cc1. The van der Waals surface area contributed by atoms with Gasteiger partial charge in [0, 0.05) is 5.56 Å². The van der Waals surface area contributed by atoms with Crippen LogP contribution in [0.4, 0.5) is 0 Å². The number of benzene rings is 2. The van der Waals surface area contributed by atoms with E-state index >= 15 is 0 Å². The van der Waals surface area contributed by atoms with Crippen LogP contribution in [0.15, 0.2) is 42.5 Å². The number of ketones is 1. The van der Waals surface area contributed by atoms with Gasteiger partial charge in [-0.3, -0.25) is 4.79 Å². The van der Waals surface area contributed by atoms with Gasteiger partial charge in [-0.05, 0) is 49.7 Å². The Morgan fingerprint density at radius 2 is 1.69 bits per heavy atom. The molecule has 0 aliphatic carbocycles. The molecule has 2 aromatic carbocycles. The van der Waals surface area contributed by atoms with Crippen LogP contribution in [-0.4, -0.2) is 31.3 Å². The van der Waals surface area contributed by atoms with Gasteiger partial charge in [-0.15, -0.1) is 0 Å². The van der Waals surface area contributed by atoms with Crippen LogP contribution in [0.1, 0.15) is 40.1 Å². The maximum Gasteiger partial charge on any atom is 0.338 e. The number of carbonyl (C=O) groups is 2. The number of hydrogen-bond acceptors (Lipinski definition) is 6. The van der Waals surface area contributed by atoms with Crippen molar-refractivity contribution in [2.45, 2.75) is 26.6 Å². The fraction of sp³-hybridized carbons (Fsp3) is 0.300. The molecule has 6 heteroatoms. The van der Waals surface area contributed by atoms with Gasteiger partial charge in [-0.1, -0.05) is 12.1 Å². The van der Waals surface area contributed by atoms with E-state index in [-0.39, 0.29) is 25.3 Å². The monoisotopic (exact) mass is 356 g/mol. The number of Topliss-reactive ketones (excluding diaryl/α,β-unsaturated/α-hetero) is 1. The predicted molar refractivity (Wildman–Crippen MR) is 93.5 cm³/mol. The number of fused-ring (bicyclic) bond motifs is 1. The molecular formula is C20H20O6. The first-order valence-corrected chi connectivity index (χ1v) is 8.33. The van der Waals surface area contributed by atoms with Crippen molar-refractivity contribution in [2.24, 2.45) is 0 Å². The Labute approximate surface area is 151 Å². The van der Waals surface area contributed by atoms with Crippen molar-refractivity contribution in [3.63, 3.8) is 0 Å². The molecule has 0 aromatic heterocycles. The molecule has 0 N–H and O–H groups in total. The van der Waals surface area contributed by atoms with Crippen LogP contribution >= 0.6 is 0 Å². The molecule has 0 radical (unpaired) electrons. The Kier molecular flexibility index (Phi) is 5.53. The van der Waals surface area contributed by atoms with Gasteiger partial charge in [0.1, 0.15) is 0 Å². The topological polar surface area (TPSA) is 71.1 Å². The fourth-order valence-electron chi connectivity index (χ4n) is 2.37. The minimum Gasteiger partial charge on any atom is -0.454 e. The average Bonchev–Trinajstić information content (AvgIpc) is 3.12. The highest BCUT2D eigenvalue weighted by molar-refractivity contribution is 5.99. The van der Waals surface area contributed by atoms with Gasteiger partial charge in [-0.25, -0.2) is 4.79 Å². The molecule has 0 bridgehead atoms. The third-order valence-electron chi connectivity index (χ3n) is 3.80. The third kappa shape index (κ3) is 4.40. The molecule has 1 heterocycles. The summed E-state index contributed by atoms with van der Waals surface area (Å²) >= 11 is 0. The standard InChI is InChI=1S/C20H20O6/c1-13(2)23-10-14-3-5-15(6-4-14)20(22)24-11-17(21)16-7-8-18-19(9-16)26-12-25-18/h3-9,13H,10-12H2,1-2H3. The number of ether oxygens (including phenoxy) is 4. The van der Waals surface area contributed by atoms with Crippen molar-refractivity contribution < 1.29 is 28.5 Å². The fourth-order valence-corrected chi connectivity index (χ4v) is 2.37. The van der Waals surface area contributed by atoms with Gasteiger partial charge >= 0.3 is 5.97 Å².